The average molecular weight is 578 g/mol. The number of morpholine rings is 1. The van der Waals surface area contributed by atoms with Crippen molar-refractivity contribution in [1.82, 2.24) is 15.5 Å². The van der Waals surface area contributed by atoms with Crippen LogP contribution in [0.15, 0.2) is 53.5 Å². The van der Waals surface area contributed by atoms with Crippen molar-refractivity contribution in [2.45, 2.75) is 32.4 Å². The lowest BCUT2D eigenvalue weighted by Gasteiger charge is -2.35. The van der Waals surface area contributed by atoms with Crippen molar-refractivity contribution >= 4 is 41.5 Å². The molecule has 2 aliphatic heterocycles. The van der Waals surface area contributed by atoms with E-state index >= 15 is 0 Å². The maximum Gasteiger partial charge on any atom is 0.227 e. The minimum atomic E-state index is 0. The van der Waals surface area contributed by atoms with Gasteiger partial charge in [-0.3, -0.25) is 14.7 Å². The van der Waals surface area contributed by atoms with Gasteiger partial charge in [-0.1, -0.05) is 42.0 Å². The topological polar surface area (TPSA) is 69.2 Å². The second-order valence-corrected chi connectivity index (χ2v) is 8.70. The summed E-state index contributed by atoms with van der Waals surface area (Å²) in [7, 11) is 1.80. The van der Waals surface area contributed by atoms with E-state index in [0.717, 1.165) is 63.0 Å². The molecule has 0 bridgehead atoms. The van der Waals surface area contributed by atoms with Crippen LogP contribution in [0.25, 0.3) is 0 Å². The van der Waals surface area contributed by atoms with Crippen molar-refractivity contribution in [3.63, 3.8) is 0 Å². The van der Waals surface area contributed by atoms with Crippen molar-refractivity contribution in [3.05, 3.63) is 65.2 Å². The molecule has 2 aliphatic rings. The van der Waals surface area contributed by atoms with Crippen molar-refractivity contribution in [2.75, 3.05) is 51.3 Å². The van der Waals surface area contributed by atoms with E-state index in [1.165, 1.54) is 11.1 Å². The van der Waals surface area contributed by atoms with E-state index in [-0.39, 0.29) is 35.9 Å². The van der Waals surface area contributed by atoms with E-state index in [0.29, 0.717) is 13.0 Å². The fourth-order valence-electron chi connectivity index (χ4n) is 4.45. The molecule has 0 aromatic heterocycles. The molecule has 1 unspecified atom stereocenters. The van der Waals surface area contributed by atoms with Gasteiger partial charge in [0.1, 0.15) is 0 Å². The van der Waals surface area contributed by atoms with Crippen LogP contribution in [0.5, 0.6) is 0 Å². The fraction of sp³-hybridized carbons (Fsp3) is 0.462. The third kappa shape index (κ3) is 6.93. The van der Waals surface area contributed by atoms with Crippen LogP contribution in [0.3, 0.4) is 0 Å². The molecule has 2 N–H and O–H groups in total. The smallest absolute Gasteiger partial charge is 0.227 e. The van der Waals surface area contributed by atoms with Gasteiger partial charge in [-0.15, -0.1) is 24.0 Å². The first-order valence-corrected chi connectivity index (χ1v) is 11.9. The Morgan fingerprint density at radius 1 is 1.03 bits per heavy atom. The molecule has 4 rings (SSSR count). The highest BCUT2D eigenvalue weighted by Gasteiger charge is 2.23. The Kier molecular flexibility index (Phi) is 10.2. The molecule has 184 valence electrons. The number of aliphatic imine (C=N–C) groups is 1. The molecule has 7 nitrogen and oxygen atoms in total. The van der Waals surface area contributed by atoms with Crippen LogP contribution in [-0.2, 0) is 16.1 Å². The minimum absolute atomic E-state index is 0. The number of guanidine groups is 1. The highest BCUT2D eigenvalue weighted by Crippen LogP contribution is 2.23. The summed E-state index contributed by atoms with van der Waals surface area (Å²) in [4.78, 5) is 20.7. The van der Waals surface area contributed by atoms with Crippen LogP contribution in [0.4, 0.5) is 5.69 Å². The quantitative estimate of drug-likeness (QED) is 0.300. The molecular formula is C26H36IN5O2. The number of nitrogens with one attached hydrogen (secondary N) is 2. The molecule has 2 saturated heterocycles. The Morgan fingerprint density at radius 2 is 1.74 bits per heavy atom. The molecule has 0 spiro atoms. The van der Waals surface area contributed by atoms with E-state index in [9.17, 15) is 4.79 Å². The molecule has 1 amide bonds. The number of carbonyl (C=O) groups excluding carboxylic acids is 1. The first-order chi connectivity index (χ1) is 16.1. The molecule has 1 atom stereocenters. The molecule has 2 fully saturated rings. The summed E-state index contributed by atoms with van der Waals surface area (Å²) in [5, 5.41) is 6.93. The van der Waals surface area contributed by atoms with E-state index in [1.807, 2.05) is 17.0 Å². The number of aryl methyl sites for hydroxylation is 1. The summed E-state index contributed by atoms with van der Waals surface area (Å²) >= 11 is 0. The number of hydrogen-bond acceptors (Lipinski definition) is 4. The van der Waals surface area contributed by atoms with Gasteiger partial charge >= 0.3 is 0 Å². The molecule has 8 heteroatoms. The minimum Gasteiger partial charge on any atom is -0.379 e. The molecule has 2 aromatic rings. The van der Waals surface area contributed by atoms with Gasteiger partial charge in [0.25, 0.3) is 0 Å². The first-order valence-electron chi connectivity index (χ1n) is 11.9. The lowest BCUT2D eigenvalue weighted by atomic mass is 10.0. The standard InChI is InChI=1S/C26H35N5O2.HI/c1-20-5-9-22(10-6-20)24(30-14-16-33-17-15-30)19-29-26(27-2)28-18-21-7-11-23(12-8-21)31-13-3-4-25(31)32;/h5-12,24H,3-4,13-19H2,1-2H3,(H2,27,28,29);1H. The number of rotatable bonds is 7. The molecule has 2 heterocycles. The van der Waals surface area contributed by atoms with Gasteiger partial charge in [0, 0.05) is 51.9 Å². The number of ether oxygens (including phenoxy) is 1. The van der Waals surface area contributed by atoms with E-state index in [4.69, 9.17) is 4.74 Å². The lowest BCUT2D eigenvalue weighted by molar-refractivity contribution is -0.117. The normalized spacial score (nSPS) is 17.9. The highest BCUT2D eigenvalue weighted by atomic mass is 127. The number of hydrogen-bond donors (Lipinski definition) is 2. The van der Waals surface area contributed by atoms with Crippen LogP contribution in [0.2, 0.25) is 0 Å². The van der Waals surface area contributed by atoms with E-state index in [2.05, 4.69) is 63.8 Å². The lowest BCUT2D eigenvalue weighted by Crippen LogP contribution is -2.46. The van der Waals surface area contributed by atoms with Crippen molar-refractivity contribution in [3.8, 4) is 0 Å². The van der Waals surface area contributed by atoms with Crippen LogP contribution < -0.4 is 15.5 Å². The summed E-state index contributed by atoms with van der Waals surface area (Å²) in [5.74, 6) is 0.994. The van der Waals surface area contributed by atoms with Crippen molar-refractivity contribution in [1.29, 1.82) is 0 Å². The van der Waals surface area contributed by atoms with Crippen molar-refractivity contribution in [2.24, 2.45) is 4.99 Å². The van der Waals surface area contributed by atoms with Gasteiger partial charge < -0.3 is 20.3 Å². The van der Waals surface area contributed by atoms with Crippen molar-refractivity contribution < 1.29 is 9.53 Å². The number of nitrogens with zero attached hydrogens (tertiary/aromatic N) is 3. The number of anilines is 1. The third-order valence-electron chi connectivity index (χ3n) is 6.42. The molecule has 0 radical (unpaired) electrons. The number of halogens is 1. The Labute approximate surface area is 220 Å². The van der Waals surface area contributed by atoms with E-state index < -0.39 is 0 Å². The van der Waals surface area contributed by atoms with Gasteiger partial charge in [0.2, 0.25) is 5.91 Å². The van der Waals surface area contributed by atoms with Gasteiger partial charge in [0.05, 0.1) is 19.3 Å². The van der Waals surface area contributed by atoms with Gasteiger partial charge in [-0.25, -0.2) is 0 Å². The summed E-state index contributed by atoms with van der Waals surface area (Å²) < 4.78 is 5.57. The molecule has 0 aliphatic carbocycles. The fourth-order valence-corrected chi connectivity index (χ4v) is 4.45. The Hall–Kier alpha value is -2.17. The van der Waals surface area contributed by atoms with Gasteiger partial charge in [-0.05, 0) is 36.6 Å². The maximum atomic E-state index is 12.0. The zero-order valence-corrected chi connectivity index (χ0v) is 22.5. The van der Waals surface area contributed by atoms with E-state index in [1.54, 1.807) is 7.05 Å². The zero-order chi connectivity index (χ0) is 23.0. The Balaban J connectivity index is 0.00000324. The summed E-state index contributed by atoms with van der Waals surface area (Å²) in [6, 6.07) is 17.3. The van der Waals surface area contributed by atoms with Crippen LogP contribution in [-0.4, -0.2) is 63.2 Å². The molecule has 0 saturated carbocycles. The summed E-state index contributed by atoms with van der Waals surface area (Å²) in [6.07, 6.45) is 1.59. The maximum absolute atomic E-state index is 12.0. The number of amides is 1. The first kappa shape index (κ1) is 26.4. The predicted octanol–water partition coefficient (Wildman–Crippen LogP) is 3.48. The number of carbonyl (C=O) groups is 1. The zero-order valence-electron chi connectivity index (χ0n) is 20.1. The molecular weight excluding hydrogens is 541 g/mol. The Bertz CT molecular complexity index is 943. The SMILES string of the molecule is CN=C(NCc1ccc(N2CCCC2=O)cc1)NCC(c1ccc(C)cc1)N1CCOCC1.I. The van der Waals surface area contributed by atoms with Gasteiger partial charge in [0.15, 0.2) is 5.96 Å². The summed E-state index contributed by atoms with van der Waals surface area (Å²) in [6.45, 7) is 7.77. The highest BCUT2D eigenvalue weighted by molar-refractivity contribution is 14.0. The molecule has 2 aromatic carbocycles. The van der Waals surface area contributed by atoms with Crippen LogP contribution >= 0.6 is 24.0 Å². The van der Waals surface area contributed by atoms with Crippen LogP contribution in [0.1, 0.15) is 35.6 Å². The second kappa shape index (κ2) is 13.1. The largest absolute Gasteiger partial charge is 0.379 e. The number of benzene rings is 2. The third-order valence-corrected chi connectivity index (χ3v) is 6.42. The summed E-state index contributed by atoms with van der Waals surface area (Å²) in [5.41, 5.74) is 4.70. The predicted molar refractivity (Wildman–Crippen MR) is 148 cm³/mol. The Morgan fingerprint density at radius 3 is 2.35 bits per heavy atom. The van der Waals surface area contributed by atoms with Crippen LogP contribution in [0, 0.1) is 6.92 Å². The van der Waals surface area contributed by atoms with Gasteiger partial charge in [-0.2, -0.15) is 0 Å². The molecule has 34 heavy (non-hydrogen) atoms. The average Bonchev–Trinajstić information content (AvgIpc) is 3.29. The monoisotopic (exact) mass is 577 g/mol. The second-order valence-electron chi connectivity index (χ2n) is 8.70.